The first-order valence-corrected chi connectivity index (χ1v) is 8.43. The SMILES string of the molecule is CC(=O)Oc1ccc(C23CC4CC(CC(C(=O)O)(C4)C2)C3)cc1. The summed E-state index contributed by atoms with van der Waals surface area (Å²) in [6.45, 7) is 1.39. The summed E-state index contributed by atoms with van der Waals surface area (Å²) in [6, 6.07) is 7.73. The van der Waals surface area contributed by atoms with E-state index in [-0.39, 0.29) is 11.4 Å². The Labute approximate surface area is 135 Å². The molecule has 122 valence electrons. The Balaban J connectivity index is 1.68. The molecule has 0 heterocycles. The van der Waals surface area contributed by atoms with Crippen LogP contribution in [0.15, 0.2) is 24.3 Å². The van der Waals surface area contributed by atoms with Crippen LogP contribution >= 0.6 is 0 Å². The number of carbonyl (C=O) groups excluding carboxylic acids is 1. The van der Waals surface area contributed by atoms with E-state index in [4.69, 9.17) is 4.74 Å². The summed E-state index contributed by atoms with van der Waals surface area (Å²) in [6.07, 6.45) is 5.87. The summed E-state index contributed by atoms with van der Waals surface area (Å²) in [5.41, 5.74) is 0.698. The van der Waals surface area contributed by atoms with Crippen molar-refractivity contribution in [2.24, 2.45) is 17.3 Å². The molecule has 2 atom stereocenters. The van der Waals surface area contributed by atoms with E-state index in [2.05, 4.69) is 0 Å². The maximum Gasteiger partial charge on any atom is 0.309 e. The lowest BCUT2D eigenvalue weighted by molar-refractivity contribution is -0.167. The standard InChI is InChI=1S/C19H22O4/c1-12(20)23-16-4-2-15(3-5-16)18-7-13-6-14(8-18)10-19(9-13,11-18)17(21)22/h2-5,13-14H,6-11H2,1H3,(H,21,22). The molecule has 0 amide bonds. The number of carboxylic acid groups (broad SMARTS) is 1. The van der Waals surface area contributed by atoms with Gasteiger partial charge in [-0.25, -0.2) is 0 Å². The first-order chi connectivity index (χ1) is 10.9. The summed E-state index contributed by atoms with van der Waals surface area (Å²) < 4.78 is 5.11. The molecule has 2 unspecified atom stereocenters. The van der Waals surface area contributed by atoms with Gasteiger partial charge in [-0.05, 0) is 73.5 Å². The molecule has 0 spiro atoms. The third kappa shape index (κ3) is 2.27. The predicted molar refractivity (Wildman–Crippen MR) is 84.2 cm³/mol. The van der Waals surface area contributed by atoms with Crippen LogP contribution in [0.1, 0.15) is 51.0 Å². The smallest absolute Gasteiger partial charge is 0.309 e. The minimum absolute atomic E-state index is 0.00275. The summed E-state index contributed by atoms with van der Waals surface area (Å²) >= 11 is 0. The molecule has 4 heteroatoms. The molecule has 4 saturated carbocycles. The van der Waals surface area contributed by atoms with E-state index < -0.39 is 11.4 Å². The number of hydrogen-bond donors (Lipinski definition) is 1. The van der Waals surface area contributed by atoms with Crippen LogP contribution in [-0.4, -0.2) is 17.0 Å². The van der Waals surface area contributed by atoms with Crippen molar-refractivity contribution in [2.75, 3.05) is 0 Å². The molecule has 0 saturated heterocycles. The minimum Gasteiger partial charge on any atom is -0.481 e. The largest absolute Gasteiger partial charge is 0.481 e. The molecule has 5 rings (SSSR count). The monoisotopic (exact) mass is 314 g/mol. The molecule has 0 radical (unpaired) electrons. The van der Waals surface area contributed by atoms with Gasteiger partial charge in [0.1, 0.15) is 5.75 Å². The number of hydrogen-bond acceptors (Lipinski definition) is 3. The minimum atomic E-state index is -0.604. The maximum absolute atomic E-state index is 11.9. The van der Waals surface area contributed by atoms with Crippen LogP contribution in [0.4, 0.5) is 0 Å². The van der Waals surface area contributed by atoms with Crippen molar-refractivity contribution < 1.29 is 19.4 Å². The van der Waals surface area contributed by atoms with Crippen molar-refractivity contribution in [1.82, 2.24) is 0 Å². The van der Waals surface area contributed by atoms with Gasteiger partial charge in [0.15, 0.2) is 0 Å². The summed E-state index contributed by atoms with van der Waals surface area (Å²) in [7, 11) is 0. The van der Waals surface area contributed by atoms with Gasteiger partial charge in [-0.1, -0.05) is 12.1 Å². The number of rotatable bonds is 3. The van der Waals surface area contributed by atoms with Crippen LogP contribution in [0.3, 0.4) is 0 Å². The van der Waals surface area contributed by atoms with E-state index in [0.29, 0.717) is 17.6 Å². The van der Waals surface area contributed by atoms with Crippen molar-refractivity contribution in [1.29, 1.82) is 0 Å². The average Bonchev–Trinajstić information content (AvgIpc) is 2.45. The van der Waals surface area contributed by atoms with Crippen molar-refractivity contribution in [3.8, 4) is 5.75 Å². The van der Waals surface area contributed by atoms with Crippen LogP contribution < -0.4 is 4.74 Å². The number of esters is 1. The predicted octanol–water partition coefficient (Wildman–Crippen LogP) is 3.53. The highest BCUT2D eigenvalue weighted by atomic mass is 16.5. The van der Waals surface area contributed by atoms with Gasteiger partial charge in [0.05, 0.1) is 5.41 Å². The molecule has 0 aromatic heterocycles. The van der Waals surface area contributed by atoms with Crippen LogP contribution in [0, 0.1) is 17.3 Å². The third-order valence-electron chi connectivity index (χ3n) is 6.24. The molecule has 4 aliphatic rings. The quantitative estimate of drug-likeness (QED) is 0.685. The van der Waals surface area contributed by atoms with Crippen LogP contribution in [0.25, 0.3) is 0 Å². The van der Waals surface area contributed by atoms with Gasteiger partial charge in [0.25, 0.3) is 0 Å². The molecule has 1 aromatic carbocycles. The fourth-order valence-corrected chi connectivity index (χ4v) is 5.89. The lowest BCUT2D eigenvalue weighted by atomic mass is 9.43. The summed E-state index contributed by atoms with van der Waals surface area (Å²) in [5.74, 6) is 0.713. The summed E-state index contributed by atoms with van der Waals surface area (Å²) in [4.78, 5) is 23.0. The van der Waals surface area contributed by atoms with Crippen LogP contribution in [-0.2, 0) is 15.0 Å². The normalized spacial score (nSPS) is 37.6. The van der Waals surface area contributed by atoms with E-state index in [1.165, 1.54) is 18.9 Å². The first-order valence-electron chi connectivity index (χ1n) is 8.43. The van der Waals surface area contributed by atoms with E-state index in [0.717, 1.165) is 32.1 Å². The lowest BCUT2D eigenvalue weighted by Gasteiger charge is -2.60. The van der Waals surface area contributed by atoms with Gasteiger partial charge in [-0.3, -0.25) is 9.59 Å². The Hall–Kier alpha value is -1.84. The molecule has 4 aliphatic carbocycles. The van der Waals surface area contributed by atoms with Crippen LogP contribution in [0.5, 0.6) is 5.75 Å². The van der Waals surface area contributed by atoms with Gasteiger partial charge < -0.3 is 9.84 Å². The van der Waals surface area contributed by atoms with Crippen molar-refractivity contribution >= 4 is 11.9 Å². The van der Waals surface area contributed by atoms with Gasteiger partial charge >= 0.3 is 11.9 Å². The van der Waals surface area contributed by atoms with Gasteiger partial charge in [0.2, 0.25) is 0 Å². The van der Waals surface area contributed by atoms with Crippen molar-refractivity contribution in [3.05, 3.63) is 29.8 Å². The van der Waals surface area contributed by atoms with Gasteiger partial charge in [-0.15, -0.1) is 0 Å². The van der Waals surface area contributed by atoms with Crippen molar-refractivity contribution in [3.63, 3.8) is 0 Å². The highest BCUT2D eigenvalue weighted by Gasteiger charge is 2.61. The molecule has 1 aromatic rings. The Morgan fingerprint density at radius 2 is 1.70 bits per heavy atom. The van der Waals surface area contributed by atoms with Crippen molar-refractivity contribution in [2.45, 2.75) is 50.9 Å². The van der Waals surface area contributed by atoms with Gasteiger partial charge in [-0.2, -0.15) is 0 Å². The third-order valence-corrected chi connectivity index (χ3v) is 6.24. The fourth-order valence-electron chi connectivity index (χ4n) is 5.89. The molecule has 0 aliphatic heterocycles. The molecule has 4 nitrogen and oxygen atoms in total. The molecule has 23 heavy (non-hydrogen) atoms. The highest BCUT2D eigenvalue weighted by Crippen LogP contribution is 2.65. The first kappa shape index (κ1) is 14.7. The zero-order chi connectivity index (χ0) is 16.2. The fraction of sp³-hybridized carbons (Fsp3) is 0.579. The Morgan fingerprint density at radius 1 is 1.09 bits per heavy atom. The van der Waals surface area contributed by atoms with Gasteiger partial charge in [0, 0.05) is 6.92 Å². The highest BCUT2D eigenvalue weighted by molar-refractivity contribution is 5.76. The van der Waals surface area contributed by atoms with E-state index in [1.54, 1.807) is 0 Å². The molecule has 4 bridgehead atoms. The zero-order valence-corrected chi connectivity index (χ0v) is 13.4. The Kier molecular flexibility index (Phi) is 3.09. The number of aliphatic carboxylic acids is 1. The topological polar surface area (TPSA) is 63.6 Å². The Morgan fingerprint density at radius 3 is 2.22 bits per heavy atom. The number of ether oxygens (including phenoxy) is 1. The lowest BCUT2D eigenvalue weighted by Crippen LogP contribution is -2.56. The number of benzene rings is 1. The van der Waals surface area contributed by atoms with Crippen LogP contribution in [0.2, 0.25) is 0 Å². The second-order valence-electron chi connectivity index (χ2n) is 7.94. The molecule has 4 fully saturated rings. The van der Waals surface area contributed by atoms with E-state index in [9.17, 15) is 14.7 Å². The van der Waals surface area contributed by atoms with E-state index >= 15 is 0 Å². The molecule has 1 N–H and O–H groups in total. The summed E-state index contributed by atoms with van der Waals surface area (Å²) in [5, 5.41) is 9.83. The molecular weight excluding hydrogens is 292 g/mol. The number of carbonyl (C=O) groups is 2. The average molecular weight is 314 g/mol. The zero-order valence-electron chi connectivity index (χ0n) is 13.4. The maximum atomic E-state index is 11.9. The second kappa shape index (κ2) is 4.83. The second-order valence-corrected chi connectivity index (χ2v) is 7.94. The number of carboxylic acids is 1. The Bertz CT molecular complexity index is 646. The molecular formula is C19H22O4. The van der Waals surface area contributed by atoms with E-state index in [1.807, 2.05) is 24.3 Å².